The minimum absolute atomic E-state index is 1.01. The van der Waals surface area contributed by atoms with Gasteiger partial charge in [-0.1, -0.05) is 70.5 Å². The van der Waals surface area contributed by atoms with E-state index < -0.39 is 0 Å². The molecule has 0 saturated heterocycles. The maximum Gasteiger partial charge on any atom is 0.00470 e. The van der Waals surface area contributed by atoms with Crippen LogP contribution in [0.1, 0.15) is 16.7 Å². The smallest absolute Gasteiger partial charge is 0.00470 e. The van der Waals surface area contributed by atoms with E-state index in [0.717, 1.165) is 6.42 Å². The Morgan fingerprint density at radius 1 is 0.905 bits per heavy atom. The topological polar surface area (TPSA) is 0 Å². The van der Waals surface area contributed by atoms with Gasteiger partial charge in [-0.25, -0.2) is 0 Å². The lowest BCUT2D eigenvalue weighted by molar-refractivity contribution is 1.28. The highest BCUT2D eigenvalue weighted by Crippen LogP contribution is 2.40. The fraction of sp³-hybridized carbons (Fsp3) is 0.100. The van der Waals surface area contributed by atoms with Gasteiger partial charge >= 0.3 is 0 Å². The third kappa shape index (κ3) is 2.04. The molecule has 1 aliphatic rings. The second-order valence-corrected chi connectivity index (χ2v) is 6.64. The first-order valence-corrected chi connectivity index (χ1v) is 8.00. The molecule has 0 atom stereocenters. The molecule has 0 radical (unpaired) electrons. The third-order valence-corrected chi connectivity index (χ3v) is 4.77. The van der Waals surface area contributed by atoms with Gasteiger partial charge in [0, 0.05) is 10.9 Å². The van der Waals surface area contributed by atoms with Gasteiger partial charge in [0.15, 0.2) is 0 Å². The highest BCUT2D eigenvalue weighted by molar-refractivity contribution is 9.11. The summed E-state index contributed by atoms with van der Waals surface area (Å²) in [4.78, 5) is 0. The van der Waals surface area contributed by atoms with Crippen molar-refractivity contribution in [3.63, 3.8) is 0 Å². The van der Waals surface area contributed by atoms with E-state index in [9.17, 15) is 0 Å². The molecule has 0 bridgehead atoms. The molecule has 3 aromatic rings. The Labute approximate surface area is 133 Å². The van der Waals surface area contributed by atoms with Crippen LogP contribution in [0.3, 0.4) is 0 Å². The second kappa shape index (κ2) is 4.85. The van der Waals surface area contributed by atoms with Gasteiger partial charge < -0.3 is 0 Å². The summed E-state index contributed by atoms with van der Waals surface area (Å²) >= 11 is 3.66. The molecule has 0 aliphatic heterocycles. The Bertz CT molecular complexity index is 882. The lowest BCUT2D eigenvalue weighted by Crippen LogP contribution is -1.92. The van der Waals surface area contributed by atoms with Crippen LogP contribution in [0.4, 0.5) is 0 Å². The van der Waals surface area contributed by atoms with Gasteiger partial charge in [0.25, 0.3) is 0 Å². The fourth-order valence-electron chi connectivity index (χ4n) is 3.28. The molecule has 0 aromatic heterocycles. The molecule has 1 heteroatoms. The quantitative estimate of drug-likeness (QED) is 0.503. The van der Waals surface area contributed by atoms with Crippen molar-refractivity contribution in [2.45, 2.75) is 13.3 Å². The molecule has 0 saturated carbocycles. The Morgan fingerprint density at radius 3 is 2.62 bits per heavy atom. The zero-order chi connectivity index (χ0) is 14.4. The molecular weight excluding hydrogens is 320 g/mol. The molecule has 0 heterocycles. The van der Waals surface area contributed by atoms with Gasteiger partial charge in [0.1, 0.15) is 0 Å². The summed E-state index contributed by atoms with van der Waals surface area (Å²) in [5.41, 5.74) is 6.83. The first-order chi connectivity index (χ1) is 10.2. The number of benzene rings is 3. The SMILES string of the molecule is Cc1ccc2c(c1-c1cccc3ccccc13)C=C(Br)C2. The summed E-state index contributed by atoms with van der Waals surface area (Å²) in [6.45, 7) is 2.21. The van der Waals surface area contributed by atoms with Crippen LogP contribution >= 0.6 is 15.9 Å². The molecule has 0 unspecified atom stereocenters. The van der Waals surface area contributed by atoms with E-state index in [1.807, 2.05) is 0 Å². The summed E-state index contributed by atoms with van der Waals surface area (Å²) in [7, 11) is 0. The largest absolute Gasteiger partial charge is 0.0616 e. The molecule has 102 valence electrons. The van der Waals surface area contributed by atoms with E-state index in [2.05, 4.69) is 83.5 Å². The number of rotatable bonds is 1. The average molecular weight is 335 g/mol. The zero-order valence-electron chi connectivity index (χ0n) is 11.9. The van der Waals surface area contributed by atoms with E-state index in [0.29, 0.717) is 0 Å². The highest BCUT2D eigenvalue weighted by atomic mass is 79.9. The van der Waals surface area contributed by atoms with Crippen LogP contribution < -0.4 is 0 Å². The van der Waals surface area contributed by atoms with Gasteiger partial charge in [-0.15, -0.1) is 0 Å². The molecule has 0 fully saturated rings. The predicted octanol–water partition coefficient (Wildman–Crippen LogP) is 6.11. The van der Waals surface area contributed by atoms with E-state index in [1.54, 1.807) is 0 Å². The van der Waals surface area contributed by atoms with Crippen molar-refractivity contribution in [3.05, 3.63) is 75.8 Å². The molecule has 0 spiro atoms. The van der Waals surface area contributed by atoms with Gasteiger partial charge in [-0.3, -0.25) is 0 Å². The molecule has 4 rings (SSSR count). The van der Waals surface area contributed by atoms with E-state index in [-0.39, 0.29) is 0 Å². The standard InChI is InChI=1S/C20H15Br/c1-13-9-10-15-11-16(21)12-19(15)20(13)18-8-4-6-14-5-2-3-7-17(14)18/h2-10,12H,11H2,1H3. The first-order valence-electron chi connectivity index (χ1n) is 7.21. The number of allylic oxidation sites excluding steroid dienone is 1. The predicted molar refractivity (Wildman–Crippen MR) is 94.7 cm³/mol. The van der Waals surface area contributed by atoms with Crippen LogP contribution in [-0.2, 0) is 6.42 Å². The lowest BCUT2D eigenvalue weighted by atomic mass is 9.90. The molecule has 21 heavy (non-hydrogen) atoms. The van der Waals surface area contributed by atoms with Crippen LogP contribution in [0.15, 0.2) is 59.1 Å². The number of aryl methyl sites for hydroxylation is 1. The number of hydrogen-bond donors (Lipinski definition) is 0. The molecular formula is C20H15Br. The normalized spacial score (nSPS) is 13.3. The van der Waals surface area contributed by atoms with Crippen LogP contribution in [0.5, 0.6) is 0 Å². The highest BCUT2D eigenvalue weighted by Gasteiger charge is 2.18. The summed E-state index contributed by atoms with van der Waals surface area (Å²) < 4.78 is 1.27. The molecule has 1 aliphatic carbocycles. The molecule has 0 N–H and O–H groups in total. The average Bonchev–Trinajstić information content (AvgIpc) is 2.87. The molecule has 3 aromatic carbocycles. The maximum atomic E-state index is 3.66. The Balaban J connectivity index is 2.09. The van der Waals surface area contributed by atoms with Crippen LogP contribution in [0, 0.1) is 6.92 Å². The van der Waals surface area contributed by atoms with Gasteiger partial charge in [-0.2, -0.15) is 0 Å². The Morgan fingerprint density at radius 2 is 1.71 bits per heavy atom. The van der Waals surface area contributed by atoms with E-state index in [4.69, 9.17) is 0 Å². The van der Waals surface area contributed by atoms with Gasteiger partial charge in [0.2, 0.25) is 0 Å². The summed E-state index contributed by atoms with van der Waals surface area (Å²) in [6, 6.07) is 19.7. The molecule has 0 amide bonds. The van der Waals surface area contributed by atoms with Crippen molar-refractivity contribution in [1.82, 2.24) is 0 Å². The number of fused-ring (bicyclic) bond motifs is 2. The Kier molecular flexibility index (Phi) is 2.97. The van der Waals surface area contributed by atoms with Gasteiger partial charge in [0.05, 0.1) is 0 Å². The van der Waals surface area contributed by atoms with Crippen molar-refractivity contribution >= 4 is 32.8 Å². The number of halogens is 1. The zero-order valence-corrected chi connectivity index (χ0v) is 13.4. The third-order valence-electron chi connectivity index (χ3n) is 4.26. The van der Waals surface area contributed by atoms with Crippen LogP contribution in [0.25, 0.3) is 28.0 Å². The monoisotopic (exact) mass is 334 g/mol. The second-order valence-electron chi connectivity index (χ2n) is 5.62. The summed E-state index contributed by atoms with van der Waals surface area (Å²) in [5.74, 6) is 0. The molecule has 0 nitrogen and oxygen atoms in total. The van der Waals surface area contributed by atoms with Crippen LogP contribution in [-0.4, -0.2) is 0 Å². The summed E-state index contributed by atoms with van der Waals surface area (Å²) in [6.07, 6.45) is 3.28. The first kappa shape index (κ1) is 12.8. The lowest BCUT2D eigenvalue weighted by Gasteiger charge is -2.14. The van der Waals surface area contributed by atoms with Crippen LogP contribution in [0.2, 0.25) is 0 Å². The Hall–Kier alpha value is -1.86. The van der Waals surface area contributed by atoms with Gasteiger partial charge in [-0.05, 0) is 51.6 Å². The van der Waals surface area contributed by atoms with Crippen molar-refractivity contribution in [1.29, 1.82) is 0 Å². The fourth-order valence-corrected chi connectivity index (χ4v) is 3.81. The summed E-state index contributed by atoms with van der Waals surface area (Å²) in [5, 5.41) is 2.63. The maximum absolute atomic E-state index is 3.66. The van der Waals surface area contributed by atoms with Crippen molar-refractivity contribution in [2.24, 2.45) is 0 Å². The van der Waals surface area contributed by atoms with E-state index in [1.165, 1.54) is 43.1 Å². The van der Waals surface area contributed by atoms with Crippen molar-refractivity contribution in [2.75, 3.05) is 0 Å². The number of hydrogen-bond acceptors (Lipinski definition) is 0. The minimum atomic E-state index is 1.01. The minimum Gasteiger partial charge on any atom is -0.0616 e. The van der Waals surface area contributed by atoms with E-state index >= 15 is 0 Å². The van der Waals surface area contributed by atoms with Crippen molar-refractivity contribution < 1.29 is 0 Å². The van der Waals surface area contributed by atoms with Crippen molar-refractivity contribution in [3.8, 4) is 11.1 Å².